The van der Waals surface area contributed by atoms with Crippen molar-refractivity contribution in [3.8, 4) is 17.2 Å². The topological polar surface area (TPSA) is 90.4 Å². The number of benzene rings is 2. The van der Waals surface area contributed by atoms with Gasteiger partial charge in [-0.15, -0.1) is 0 Å². The average molecular weight is 446 g/mol. The third-order valence-corrected chi connectivity index (χ3v) is 5.66. The number of carbonyl (C=O) groups is 1. The molecule has 0 aliphatic rings. The van der Waals surface area contributed by atoms with Crippen molar-refractivity contribution in [2.75, 3.05) is 0 Å². The van der Waals surface area contributed by atoms with Crippen LogP contribution in [0.2, 0.25) is 0 Å². The van der Waals surface area contributed by atoms with Crippen LogP contribution in [0.5, 0.6) is 5.75 Å². The van der Waals surface area contributed by atoms with Crippen molar-refractivity contribution in [2.24, 2.45) is 0 Å². The molecule has 7 nitrogen and oxygen atoms in total. The molecule has 0 atom stereocenters. The molecule has 0 unspecified atom stereocenters. The van der Waals surface area contributed by atoms with E-state index in [2.05, 4.69) is 10.1 Å². The zero-order valence-electron chi connectivity index (χ0n) is 19.0. The van der Waals surface area contributed by atoms with Crippen molar-refractivity contribution in [1.29, 1.82) is 0 Å². The minimum absolute atomic E-state index is 0.108. The van der Waals surface area contributed by atoms with Gasteiger partial charge in [-0.05, 0) is 62.6 Å². The SMILES string of the molecule is Cc1nn(Cc2ccc(OCc3nc(-c4ccccc4)oc3C)cc2)c(C)c1CCC(=O)O. The highest BCUT2D eigenvalue weighted by Gasteiger charge is 2.14. The van der Waals surface area contributed by atoms with Gasteiger partial charge in [0.25, 0.3) is 0 Å². The largest absolute Gasteiger partial charge is 0.487 e. The summed E-state index contributed by atoms with van der Waals surface area (Å²) >= 11 is 0. The molecule has 0 saturated carbocycles. The molecule has 7 heteroatoms. The van der Waals surface area contributed by atoms with E-state index in [1.807, 2.05) is 80.1 Å². The number of nitrogens with zero attached hydrogens (tertiary/aromatic N) is 3. The van der Waals surface area contributed by atoms with E-state index in [0.717, 1.165) is 45.3 Å². The molecule has 0 bridgehead atoms. The molecule has 2 heterocycles. The van der Waals surface area contributed by atoms with Crippen LogP contribution in [0.3, 0.4) is 0 Å². The maximum Gasteiger partial charge on any atom is 0.303 e. The maximum atomic E-state index is 10.9. The quantitative estimate of drug-likeness (QED) is 0.385. The minimum atomic E-state index is -0.797. The predicted molar refractivity (Wildman–Crippen MR) is 124 cm³/mol. The summed E-state index contributed by atoms with van der Waals surface area (Å²) in [4.78, 5) is 15.5. The van der Waals surface area contributed by atoms with E-state index in [1.165, 1.54) is 0 Å². The summed E-state index contributed by atoms with van der Waals surface area (Å²) in [5.41, 5.74) is 5.69. The second-order valence-electron chi connectivity index (χ2n) is 8.02. The highest BCUT2D eigenvalue weighted by molar-refractivity contribution is 5.67. The van der Waals surface area contributed by atoms with E-state index >= 15 is 0 Å². The predicted octanol–water partition coefficient (Wildman–Crippen LogP) is 5.11. The second kappa shape index (κ2) is 9.73. The average Bonchev–Trinajstić information content (AvgIpc) is 3.31. The van der Waals surface area contributed by atoms with Crippen molar-refractivity contribution in [3.63, 3.8) is 0 Å². The van der Waals surface area contributed by atoms with Crippen LogP contribution < -0.4 is 4.74 Å². The van der Waals surface area contributed by atoms with Crippen molar-refractivity contribution in [3.05, 3.63) is 88.6 Å². The Morgan fingerprint density at radius 2 is 1.79 bits per heavy atom. The number of aryl methyl sites for hydroxylation is 2. The summed E-state index contributed by atoms with van der Waals surface area (Å²) in [5.74, 6) is 1.29. The lowest BCUT2D eigenvalue weighted by molar-refractivity contribution is -0.136. The summed E-state index contributed by atoms with van der Waals surface area (Å²) in [7, 11) is 0. The molecule has 0 aliphatic heterocycles. The monoisotopic (exact) mass is 445 g/mol. The first-order chi connectivity index (χ1) is 15.9. The molecule has 0 radical (unpaired) electrons. The summed E-state index contributed by atoms with van der Waals surface area (Å²) < 4.78 is 13.6. The van der Waals surface area contributed by atoms with E-state index in [-0.39, 0.29) is 6.42 Å². The molecule has 0 saturated heterocycles. The van der Waals surface area contributed by atoms with Gasteiger partial charge < -0.3 is 14.3 Å². The molecule has 0 fully saturated rings. The van der Waals surface area contributed by atoms with Crippen molar-refractivity contribution in [1.82, 2.24) is 14.8 Å². The van der Waals surface area contributed by atoms with E-state index in [0.29, 0.717) is 25.5 Å². The van der Waals surface area contributed by atoms with Crippen LogP contribution in [0.25, 0.3) is 11.5 Å². The number of oxazole rings is 1. The molecule has 4 aromatic rings. The third kappa shape index (κ3) is 5.31. The molecule has 170 valence electrons. The van der Waals surface area contributed by atoms with Gasteiger partial charge in [0.1, 0.15) is 23.8 Å². The molecule has 33 heavy (non-hydrogen) atoms. The van der Waals surface area contributed by atoms with Crippen molar-refractivity contribution in [2.45, 2.75) is 46.8 Å². The zero-order valence-corrected chi connectivity index (χ0v) is 19.0. The zero-order chi connectivity index (χ0) is 23.4. The Hall–Kier alpha value is -3.87. The first kappa shape index (κ1) is 22.3. The summed E-state index contributed by atoms with van der Waals surface area (Å²) in [6, 6.07) is 17.7. The molecule has 0 amide bonds. The Morgan fingerprint density at radius 3 is 2.48 bits per heavy atom. The van der Waals surface area contributed by atoms with Crippen LogP contribution in [0, 0.1) is 20.8 Å². The van der Waals surface area contributed by atoms with Crippen LogP contribution in [0.15, 0.2) is 59.0 Å². The fraction of sp³-hybridized carbons (Fsp3) is 0.269. The normalized spacial score (nSPS) is 11.0. The molecule has 0 aliphatic carbocycles. The Labute approximate surface area is 192 Å². The van der Waals surface area contributed by atoms with Gasteiger partial charge in [-0.3, -0.25) is 9.48 Å². The summed E-state index contributed by atoms with van der Waals surface area (Å²) in [5, 5.41) is 13.6. The summed E-state index contributed by atoms with van der Waals surface area (Å²) in [6.45, 7) is 6.74. The lowest BCUT2D eigenvalue weighted by Gasteiger charge is -2.08. The lowest BCUT2D eigenvalue weighted by Crippen LogP contribution is -2.05. The first-order valence-corrected chi connectivity index (χ1v) is 10.9. The van der Waals surface area contributed by atoms with Crippen molar-refractivity contribution >= 4 is 5.97 Å². The number of aliphatic carboxylic acids is 1. The van der Waals surface area contributed by atoms with Crippen LogP contribution in [0.4, 0.5) is 0 Å². The Balaban J connectivity index is 1.38. The van der Waals surface area contributed by atoms with E-state index in [9.17, 15) is 4.79 Å². The summed E-state index contributed by atoms with van der Waals surface area (Å²) in [6.07, 6.45) is 0.602. The number of ether oxygens (including phenoxy) is 1. The van der Waals surface area contributed by atoms with Crippen LogP contribution >= 0.6 is 0 Å². The van der Waals surface area contributed by atoms with Gasteiger partial charge in [-0.2, -0.15) is 5.10 Å². The maximum absolute atomic E-state index is 10.9. The van der Waals surface area contributed by atoms with E-state index < -0.39 is 5.97 Å². The molecule has 4 rings (SSSR count). The van der Waals surface area contributed by atoms with Gasteiger partial charge in [0, 0.05) is 17.7 Å². The Morgan fingerprint density at radius 1 is 1.06 bits per heavy atom. The van der Waals surface area contributed by atoms with Gasteiger partial charge in [-0.25, -0.2) is 4.98 Å². The molecule has 2 aromatic carbocycles. The highest BCUT2D eigenvalue weighted by atomic mass is 16.5. The second-order valence-corrected chi connectivity index (χ2v) is 8.02. The Bertz CT molecular complexity index is 1240. The third-order valence-electron chi connectivity index (χ3n) is 5.66. The van der Waals surface area contributed by atoms with Crippen LogP contribution in [0.1, 0.15) is 40.4 Å². The lowest BCUT2D eigenvalue weighted by atomic mass is 10.1. The fourth-order valence-electron chi connectivity index (χ4n) is 3.76. The smallest absolute Gasteiger partial charge is 0.303 e. The molecule has 0 spiro atoms. The van der Waals surface area contributed by atoms with Gasteiger partial charge >= 0.3 is 5.97 Å². The number of carboxylic acid groups (broad SMARTS) is 1. The first-order valence-electron chi connectivity index (χ1n) is 10.9. The van der Waals surface area contributed by atoms with Crippen LogP contribution in [-0.2, 0) is 24.4 Å². The number of aromatic nitrogens is 3. The van der Waals surface area contributed by atoms with E-state index in [4.69, 9.17) is 14.3 Å². The van der Waals surface area contributed by atoms with Crippen molar-refractivity contribution < 1.29 is 19.1 Å². The van der Waals surface area contributed by atoms with E-state index in [1.54, 1.807) is 0 Å². The fourth-order valence-corrected chi connectivity index (χ4v) is 3.76. The molecule has 1 N–H and O–H groups in total. The number of hydrogen-bond donors (Lipinski definition) is 1. The standard InChI is InChI=1S/C26H27N3O4/c1-17-23(13-14-25(30)31)18(2)29(28-17)15-20-9-11-22(12-10-20)32-16-24-19(3)33-26(27-24)21-7-5-4-6-8-21/h4-12H,13-16H2,1-3H3,(H,30,31). The van der Waals surface area contributed by atoms with Gasteiger partial charge in [0.2, 0.25) is 5.89 Å². The molecular weight excluding hydrogens is 418 g/mol. The highest BCUT2D eigenvalue weighted by Crippen LogP contribution is 2.23. The van der Waals surface area contributed by atoms with Gasteiger partial charge in [0.05, 0.1) is 12.2 Å². The number of rotatable bonds is 9. The number of hydrogen-bond acceptors (Lipinski definition) is 5. The van der Waals surface area contributed by atoms with Gasteiger partial charge in [0.15, 0.2) is 0 Å². The van der Waals surface area contributed by atoms with Gasteiger partial charge in [-0.1, -0.05) is 30.3 Å². The number of carboxylic acids is 1. The van der Waals surface area contributed by atoms with Crippen LogP contribution in [-0.4, -0.2) is 25.8 Å². The minimum Gasteiger partial charge on any atom is -0.487 e. The molecular formula is C26H27N3O4. The Kier molecular flexibility index (Phi) is 6.58. The molecule has 2 aromatic heterocycles.